The van der Waals surface area contributed by atoms with E-state index in [1.165, 1.54) is 17.0 Å². The van der Waals surface area contributed by atoms with E-state index in [1.54, 1.807) is 0 Å². The number of carbonyl (C=O) groups excluding carboxylic acids is 2. The Balaban J connectivity index is 2.08. The zero-order chi connectivity index (χ0) is 30.2. The number of anilines is 1. The summed E-state index contributed by atoms with van der Waals surface area (Å²) in [4.78, 5) is 29.2. The van der Waals surface area contributed by atoms with Crippen LogP contribution in [0, 0.1) is 6.92 Å². The number of aryl methyl sites for hydroxylation is 1. The lowest BCUT2D eigenvalue weighted by Gasteiger charge is -2.34. The van der Waals surface area contributed by atoms with Gasteiger partial charge in [-0.05, 0) is 42.2 Å². The molecule has 0 unspecified atom stereocenters. The van der Waals surface area contributed by atoms with Gasteiger partial charge in [0.2, 0.25) is 21.8 Å². The van der Waals surface area contributed by atoms with E-state index in [-0.39, 0.29) is 39.6 Å². The van der Waals surface area contributed by atoms with E-state index >= 15 is 0 Å². The first-order valence-electron chi connectivity index (χ1n) is 13.2. The second-order valence-corrected chi connectivity index (χ2v) is 12.9. The van der Waals surface area contributed by atoms with Crippen LogP contribution in [0.4, 0.5) is 5.69 Å². The number of amides is 2. The summed E-state index contributed by atoms with van der Waals surface area (Å²) >= 11 is 18.6. The Kier molecular flexibility index (Phi) is 11.9. The molecule has 0 heterocycles. The number of nitrogens with one attached hydrogen (secondary N) is 1. The van der Waals surface area contributed by atoms with Crippen molar-refractivity contribution in [1.29, 1.82) is 0 Å². The van der Waals surface area contributed by atoms with Crippen molar-refractivity contribution in [2.75, 3.05) is 23.7 Å². The molecule has 3 aromatic carbocycles. The minimum Gasteiger partial charge on any atom is -0.354 e. The van der Waals surface area contributed by atoms with E-state index in [4.69, 9.17) is 34.8 Å². The van der Waals surface area contributed by atoms with Crippen LogP contribution in [0.2, 0.25) is 15.1 Å². The Bertz CT molecular complexity index is 1470. The summed E-state index contributed by atoms with van der Waals surface area (Å²) in [6, 6.07) is 18.7. The molecule has 0 aromatic heterocycles. The lowest BCUT2D eigenvalue weighted by Crippen LogP contribution is -2.53. The first-order chi connectivity index (χ1) is 19.4. The van der Waals surface area contributed by atoms with Crippen LogP contribution in [0.1, 0.15) is 36.5 Å². The van der Waals surface area contributed by atoms with Crippen molar-refractivity contribution in [3.63, 3.8) is 0 Å². The molecule has 0 saturated heterocycles. The molecule has 2 amide bonds. The molecule has 220 valence electrons. The molecule has 0 spiro atoms. The molecular formula is C30H34Cl3N3O4S. The number of hydrogen-bond acceptors (Lipinski definition) is 4. The molecule has 0 aliphatic heterocycles. The van der Waals surface area contributed by atoms with Gasteiger partial charge < -0.3 is 10.2 Å². The van der Waals surface area contributed by atoms with Gasteiger partial charge in [0.25, 0.3) is 0 Å². The highest BCUT2D eigenvalue weighted by Crippen LogP contribution is 2.35. The van der Waals surface area contributed by atoms with Crippen LogP contribution in [0.5, 0.6) is 0 Å². The van der Waals surface area contributed by atoms with Crippen molar-refractivity contribution in [2.24, 2.45) is 0 Å². The van der Waals surface area contributed by atoms with E-state index in [1.807, 2.05) is 68.4 Å². The Hall–Kier alpha value is -2.78. The summed E-state index contributed by atoms with van der Waals surface area (Å²) < 4.78 is 26.8. The molecule has 0 aliphatic carbocycles. The maximum atomic E-state index is 14.2. The van der Waals surface area contributed by atoms with E-state index in [0.29, 0.717) is 6.54 Å². The fraction of sp³-hybridized carbons (Fsp3) is 0.333. The number of sulfonamides is 1. The third kappa shape index (κ3) is 9.10. The standard InChI is InChI=1S/C30H34Cl3N3O4S/c1-4-5-15-34-30(38)28(16-22-12-7-6-8-13-22)35(19-23-14-10-9-11-21(23)2)29(37)20-36(41(3,39)40)27-18-25(32)24(31)17-26(27)33/h6-14,17-18,28H,4-5,15-16,19-20H2,1-3H3,(H,34,38)/t28-/m0/s1. The molecular weight excluding hydrogens is 605 g/mol. The normalized spacial score (nSPS) is 12.0. The number of carbonyl (C=O) groups is 2. The van der Waals surface area contributed by atoms with E-state index < -0.39 is 28.5 Å². The Labute approximate surface area is 257 Å². The second kappa shape index (κ2) is 14.9. The first-order valence-corrected chi connectivity index (χ1v) is 16.2. The molecule has 0 saturated carbocycles. The van der Waals surface area contributed by atoms with Gasteiger partial charge in [-0.3, -0.25) is 13.9 Å². The maximum absolute atomic E-state index is 14.2. The summed E-state index contributed by atoms with van der Waals surface area (Å²) in [5.74, 6) is -0.893. The zero-order valence-electron chi connectivity index (χ0n) is 23.2. The van der Waals surface area contributed by atoms with Crippen LogP contribution >= 0.6 is 34.8 Å². The van der Waals surface area contributed by atoms with Gasteiger partial charge in [-0.2, -0.15) is 0 Å². The average Bonchev–Trinajstić information content (AvgIpc) is 2.92. The molecule has 0 fully saturated rings. The Morgan fingerprint density at radius 1 is 0.927 bits per heavy atom. The van der Waals surface area contributed by atoms with Crippen LogP contribution in [-0.2, 0) is 32.6 Å². The van der Waals surface area contributed by atoms with Crippen molar-refractivity contribution in [3.05, 3.63) is 98.5 Å². The number of halogens is 3. The summed E-state index contributed by atoms with van der Waals surface area (Å²) in [7, 11) is -4.00. The van der Waals surface area contributed by atoms with Crippen LogP contribution in [0.15, 0.2) is 66.7 Å². The largest absolute Gasteiger partial charge is 0.354 e. The van der Waals surface area contributed by atoms with E-state index in [2.05, 4.69) is 5.32 Å². The van der Waals surface area contributed by atoms with Crippen molar-refractivity contribution in [3.8, 4) is 0 Å². The predicted molar refractivity (Wildman–Crippen MR) is 167 cm³/mol. The highest BCUT2D eigenvalue weighted by atomic mass is 35.5. The highest BCUT2D eigenvalue weighted by Gasteiger charge is 2.33. The van der Waals surface area contributed by atoms with Gasteiger partial charge in [-0.1, -0.05) is 103 Å². The number of hydrogen-bond donors (Lipinski definition) is 1. The molecule has 0 radical (unpaired) electrons. The van der Waals surface area contributed by atoms with Crippen LogP contribution in [0.3, 0.4) is 0 Å². The van der Waals surface area contributed by atoms with Crippen LogP contribution in [0.25, 0.3) is 0 Å². The monoisotopic (exact) mass is 637 g/mol. The third-order valence-electron chi connectivity index (χ3n) is 6.64. The van der Waals surface area contributed by atoms with E-state index in [0.717, 1.165) is 40.1 Å². The first kappa shape index (κ1) is 32.7. The Morgan fingerprint density at radius 3 is 2.20 bits per heavy atom. The smallest absolute Gasteiger partial charge is 0.244 e. The quantitative estimate of drug-likeness (QED) is 0.176. The molecule has 11 heteroatoms. The number of nitrogens with zero attached hydrogens (tertiary/aromatic N) is 2. The fourth-order valence-electron chi connectivity index (χ4n) is 4.33. The third-order valence-corrected chi connectivity index (χ3v) is 8.79. The molecule has 3 aromatic rings. The minimum atomic E-state index is -4.00. The van der Waals surface area contributed by atoms with E-state index in [9.17, 15) is 18.0 Å². The average molecular weight is 639 g/mol. The zero-order valence-corrected chi connectivity index (χ0v) is 26.3. The van der Waals surface area contributed by atoms with Crippen molar-refractivity contribution in [1.82, 2.24) is 10.2 Å². The van der Waals surface area contributed by atoms with Crippen molar-refractivity contribution in [2.45, 2.75) is 45.7 Å². The van der Waals surface area contributed by atoms with Crippen molar-refractivity contribution >= 4 is 62.3 Å². The molecule has 3 rings (SSSR count). The van der Waals surface area contributed by atoms with Gasteiger partial charge in [-0.15, -0.1) is 0 Å². The topological polar surface area (TPSA) is 86.8 Å². The summed E-state index contributed by atoms with van der Waals surface area (Å²) in [6.07, 6.45) is 2.89. The molecule has 0 aliphatic rings. The number of unbranched alkanes of at least 4 members (excludes halogenated alkanes) is 1. The van der Waals surface area contributed by atoms with Crippen LogP contribution in [-0.4, -0.2) is 50.5 Å². The lowest BCUT2D eigenvalue weighted by molar-refractivity contribution is -0.140. The molecule has 0 bridgehead atoms. The predicted octanol–water partition coefficient (Wildman–Crippen LogP) is 6.28. The lowest BCUT2D eigenvalue weighted by atomic mass is 10.0. The fourth-order valence-corrected chi connectivity index (χ4v) is 5.88. The molecule has 1 atom stereocenters. The van der Waals surface area contributed by atoms with Gasteiger partial charge in [0.15, 0.2) is 0 Å². The number of rotatable bonds is 13. The highest BCUT2D eigenvalue weighted by molar-refractivity contribution is 7.92. The maximum Gasteiger partial charge on any atom is 0.244 e. The second-order valence-electron chi connectivity index (χ2n) is 9.79. The molecule has 41 heavy (non-hydrogen) atoms. The van der Waals surface area contributed by atoms with Gasteiger partial charge in [0.05, 0.1) is 27.0 Å². The van der Waals surface area contributed by atoms with Gasteiger partial charge >= 0.3 is 0 Å². The summed E-state index contributed by atoms with van der Waals surface area (Å²) in [6.45, 7) is 3.90. The molecule has 1 N–H and O–H groups in total. The van der Waals surface area contributed by atoms with Crippen molar-refractivity contribution < 1.29 is 18.0 Å². The van der Waals surface area contributed by atoms with Gasteiger partial charge in [0.1, 0.15) is 12.6 Å². The summed E-state index contributed by atoms with van der Waals surface area (Å²) in [5, 5.41) is 3.21. The van der Waals surface area contributed by atoms with Gasteiger partial charge in [0, 0.05) is 19.5 Å². The number of benzene rings is 3. The van der Waals surface area contributed by atoms with Gasteiger partial charge in [-0.25, -0.2) is 8.42 Å². The molecule has 7 nitrogen and oxygen atoms in total. The SMILES string of the molecule is CCCCNC(=O)[C@H](Cc1ccccc1)N(Cc1ccccc1C)C(=O)CN(c1cc(Cl)c(Cl)cc1Cl)S(C)(=O)=O. The minimum absolute atomic E-state index is 0.0137. The van der Waals surface area contributed by atoms with Crippen LogP contribution < -0.4 is 9.62 Å². The Morgan fingerprint density at radius 2 is 1.56 bits per heavy atom. The summed E-state index contributed by atoms with van der Waals surface area (Å²) in [5.41, 5.74) is 2.64.